The molecular weight excluding hydrogens is 440 g/mol. The molecule has 2 aromatic carbocycles. The second-order valence-corrected chi connectivity index (χ2v) is 8.79. The van der Waals surface area contributed by atoms with Crippen molar-refractivity contribution in [3.63, 3.8) is 0 Å². The van der Waals surface area contributed by atoms with E-state index in [-0.39, 0.29) is 23.4 Å². The number of ketones is 2. The summed E-state index contributed by atoms with van der Waals surface area (Å²) < 4.78 is 33.7. The van der Waals surface area contributed by atoms with Crippen molar-refractivity contribution in [3.8, 4) is 11.5 Å². The standard InChI is InChI=1S/C26H28O8/c1-29-13-7-9-15-17(11-13)25(31-3,32-4)23(27)21-19(15)20-16-10-8-14(30-2)12-18(16)26(33-5,34-6)24(28)22(20)21/h7-12,19-22H,1-6H3/t19-,20-,21-,22-/m0/s1. The first-order valence-electron chi connectivity index (χ1n) is 11.0. The highest BCUT2D eigenvalue weighted by atomic mass is 16.7. The Hall–Kier alpha value is -2.78. The van der Waals surface area contributed by atoms with Crippen LogP contribution in [0.15, 0.2) is 36.4 Å². The molecule has 0 aliphatic heterocycles. The van der Waals surface area contributed by atoms with Crippen molar-refractivity contribution in [2.75, 3.05) is 42.7 Å². The Labute approximate surface area is 198 Å². The second kappa shape index (κ2) is 7.88. The number of benzene rings is 2. The summed E-state index contributed by atoms with van der Waals surface area (Å²) in [5, 5.41) is 0. The van der Waals surface area contributed by atoms with Crippen LogP contribution in [0.5, 0.6) is 11.5 Å². The molecule has 3 aliphatic carbocycles. The van der Waals surface area contributed by atoms with Crippen molar-refractivity contribution in [2.45, 2.75) is 23.4 Å². The molecule has 4 atom stereocenters. The smallest absolute Gasteiger partial charge is 0.256 e. The van der Waals surface area contributed by atoms with Gasteiger partial charge in [-0.05, 0) is 35.4 Å². The third-order valence-corrected chi connectivity index (χ3v) is 7.90. The monoisotopic (exact) mass is 468 g/mol. The van der Waals surface area contributed by atoms with Gasteiger partial charge in [0.25, 0.3) is 11.6 Å². The number of ether oxygens (including phenoxy) is 6. The Kier molecular flexibility index (Phi) is 5.33. The fourth-order valence-corrected chi connectivity index (χ4v) is 6.36. The molecule has 3 aliphatic rings. The van der Waals surface area contributed by atoms with Gasteiger partial charge in [0, 0.05) is 63.2 Å². The van der Waals surface area contributed by atoms with Gasteiger partial charge in [0.2, 0.25) is 11.6 Å². The van der Waals surface area contributed by atoms with Crippen LogP contribution < -0.4 is 9.47 Å². The largest absolute Gasteiger partial charge is 0.497 e. The molecule has 0 bridgehead atoms. The summed E-state index contributed by atoms with van der Waals surface area (Å²) in [6.45, 7) is 0. The molecule has 8 heteroatoms. The molecule has 180 valence electrons. The topological polar surface area (TPSA) is 89.5 Å². The summed E-state index contributed by atoms with van der Waals surface area (Å²) >= 11 is 0. The number of rotatable bonds is 6. The van der Waals surface area contributed by atoms with Crippen LogP contribution in [-0.4, -0.2) is 54.2 Å². The molecule has 0 saturated heterocycles. The number of carbonyl (C=O) groups is 2. The van der Waals surface area contributed by atoms with Crippen LogP contribution in [-0.2, 0) is 40.1 Å². The number of Topliss-reactive ketones (excluding diaryl/α,β-unsaturated/α-hetero) is 2. The lowest BCUT2D eigenvalue weighted by molar-refractivity contribution is -0.240. The normalized spacial score (nSPS) is 27.6. The van der Waals surface area contributed by atoms with Crippen molar-refractivity contribution in [2.24, 2.45) is 11.8 Å². The van der Waals surface area contributed by atoms with E-state index in [4.69, 9.17) is 28.4 Å². The van der Waals surface area contributed by atoms with E-state index < -0.39 is 23.4 Å². The first kappa shape index (κ1) is 23.0. The molecule has 1 saturated carbocycles. The van der Waals surface area contributed by atoms with E-state index in [1.165, 1.54) is 28.4 Å². The quantitative estimate of drug-likeness (QED) is 0.598. The fourth-order valence-electron chi connectivity index (χ4n) is 6.36. The van der Waals surface area contributed by atoms with E-state index in [1.807, 2.05) is 24.3 Å². The minimum Gasteiger partial charge on any atom is -0.497 e. The predicted molar refractivity (Wildman–Crippen MR) is 120 cm³/mol. The summed E-state index contributed by atoms with van der Waals surface area (Å²) in [5.74, 6) is -4.48. The fraction of sp³-hybridized carbons (Fsp3) is 0.462. The Morgan fingerprint density at radius 1 is 0.559 bits per heavy atom. The third-order valence-electron chi connectivity index (χ3n) is 7.90. The average molecular weight is 469 g/mol. The molecule has 0 heterocycles. The minimum atomic E-state index is -1.64. The summed E-state index contributed by atoms with van der Waals surface area (Å²) in [6, 6.07) is 11.1. The molecule has 1 fully saturated rings. The number of fused-ring (bicyclic) bond motifs is 8. The Morgan fingerprint density at radius 2 is 0.912 bits per heavy atom. The molecule has 34 heavy (non-hydrogen) atoms. The molecule has 0 spiro atoms. The lowest BCUT2D eigenvalue weighted by atomic mass is 9.44. The summed E-state index contributed by atoms with van der Waals surface area (Å²) in [6.07, 6.45) is 0. The molecule has 0 radical (unpaired) electrons. The SMILES string of the molecule is COc1ccc2c(c1)C(OC)(OC)C(=O)[C@@H]1[C@H]3C(=O)C(OC)(OC)c4cc(OC)ccc4[C@H]3[C@H]21. The first-order chi connectivity index (χ1) is 16.4. The van der Waals surface area contributed by atoms with Gasteiger partial charge in [-0.1, -0.05) is 12.1 Å². The number of methoxy groups -OCH3 is 6. The molecule has 0 amide bonds. The molecule has 0 aromatic heterocycles. The number of hydrogen-bond acceptors (Lipinski definition) is 8. The lowest BCUT2D eigenvalue weighted by Gasteiger charge is -2.60. The summed E-state index contributed by atoms with van der Waals surface area (Å²) in [5.41, 5.74) is 2.98. The second-order valence-electron chi connectivity index (χ2n) is 8.79. The van der Waals surface area contributed by atoms with Gasteiger partial charge in [0.15, 0.2) is 0 Å². The van der Waals surface area contributed by atoms with E-state index in [0.29, 0.717) is 22.6 Å². The van der Waals surface area contributed by atoms with Crippen LogP contribution in [0.2, 0.25) is 0 Å². The summed E-state index contributed by atoms with van der Waals surface area (Å²) in [7, 11) is 8.85. The van der Waals surface area contributed by atoms with Crippen LogP contribution in [0.25, 0.3) is 0 Å². The van der Waals surface area contributed by atoms with E-state index in [0.717, 1.165) is 11.1 Å². The molecule has 2 aromatic rings. The van der Waals surface area contributed by atoms with Gasteiger partial charge in [-0.25, -0.2) is 0 Å². The van der Waals surface area contributed by atoms with Gasteiger partial charge >= 0.3 is 0 Å². The summed E-state index contributed by atoms with van der Waals surface area (Å²) in [4.78, 5) is 28.0. The zero-order valence-electron chi connectivity index (χ0n) is 20.0. The Morgan fingerprint density at radius 3 is 1.21 bits per heavy atom. The predicted octanol–water partition coefficient (Wildman–Crippen LogP) is 2.87. The maximum atomic E-state index is 14.0. The molecule has 8 nitrogen and oxygen atoms in total. The van der Waals surface area contributed by atoms with Crippen molar-refractivity contribution in [1.29, 1.82) is 0 Å². The van der Waals surface area contributed by atoms with Gasteiger partial charge in [-0.2, -0.15) is 0 Å². The number of carbonyl (C=O) groups excluding carboxylic acids is 2. The maximum Gasteiger partial charge on any atom is 0.256 e. The molecule has 5 rings (SSSR count). The van der Waals surface area contributed by atoms with Gasteiger partial charge in [0.05, 0.1) is 14.2 Å². The van der Waals surface area contributed by atoms with Gasteiger partial charge < -0.3 is 28.4 Å². The van der Waals surface area contributed by atoms with E-state index in [2.05, 4.69) is 0 Å². The maximum absolute atomic E-state index is 14.0. The van der Waals surface area contributed by atoms with Gasteiger partial charge in [-0.15, -0.1) is 0 Å². The highest BCUT2D eigenvalue weighted by Crippen LogP contribution is 2.68. The van der Waals surface area contributed by atoms with E-state index in [1.54, 1.807) is 26.4 Å². The van der Waals surface area contributed by atoms with Crippen molar-refractivity contribution >= 4 is 11.6 Å². The van der Waals surface area contributed by atoms with Crippen LogP contribution >= 0.6 is 0 Å². The van der Waals surface area contributed by atoms with Crippen molar-refractivity contribution in [3.05, 3.63) is 58.7 Å². The zero-order chi connectivity index (χ0) is 24.4. The van der Waals surface area contributed by atoms with Crippen LogP contribution in [0, 0.1) is 11.8 Å². The van der Waals surface area contributed by atoms with Crippen LogP contribution in [0.1, 0.15) is 34.1 Å². The van der Waals surface area contributed by atoms with E-state index >= 15 is 0 Å². The molecule has 0 unspecified atom stereocenters. The average Bonchev–Trinajstić information content (AvgIpc) is 2.86. The zero-order valence-corrected chi connectivity index (χ0v) is 20.0. The van der Waals surface area contributed by atoms with E-state index in [9.17, 15) is 9.59 Å². The van der Waals surface area contributed by atoms with Gasteiger partial charge in [-0.3, -0.25) is 9.59 Å². The minimum absolute atomic E-state index is 0.236. The van der Waals surface area contributed by atoms with Crippen LogP contribution in [0.4, 0.5) is 0 Å². The Balaban J connectivity index is 1.77. The third kappa shape index (κ3) is 2.57. The highest BCUT2D eigenvalue weighted by molar-refractivity contribution is 6.03. The lowest BCUT2D eigenvalue weighted by Crippen LogP contribution is -2.65. The number of hydrogen-bond donors (Lipinski definition) is 0. The van der Waals surface area contributed by atoms with Crippen molar-refractivity contribution < 1.29 is 38.0 Å². The Bertz CT molecular complexity index is 1070. The van der Waals surface area contributed by atoms with Crippen LogP contribution in [0.3, 0.4) is 0 Å². The highest BCUT2D eigenvalue weighted by Gasteiger charge is 2.71. The van der Waals surface area contributed by atoms with Gasteiger partial charge in [0.1, 0.15) is 11.5 Å². The first-order valence-corrected chi connectivity index (χ1v) is 11.0. The molecular formula is C26H28O8. The molecule has 0 N–H and O–H groups in total. The van der Waals surface area contributed by atoms with Crippen molar-refractivity contribution in [1.82, 2.24) is 0 Å².